The Morgan fingerprint density at radius 2 is 1.34 bits per heavy atom. The van der Waals surface area contributed by atoms with Crippen molar-refractivity contribution < 1.29 is 17.2 Å². The number of hydrogen-bond donors (Lipinski definition) is 1. The summed E-state index contributed by atoms with van der Waals surface area (Å²) in [6.07, 6.45) is 0. The number of aryl methyl sites for hydroxylation is 2. The van der Waals surface area contributed by atoms with Crippen molar-refractivity contribution in [2.24, 2.45) is 5.14 Å². The average molecular weight is 416 g/mol. The summed E-state index contributed by atoms with van der Waals surface area (Å²) in [5, 5.41) is 5.28. The van der Waals surface area contributed by atoms with Crippen LogP contribution in [0.4, 0.5) is 14.5 Å². The Bertz CT molecular complexity index is 1180. The maximum atomic E-state index is 14.0. The highest BCUT2D eigenvalue weighted by molar-refractivity contribution is 7.89. The van der Waals surface area contributed by atoms with Gasteiger partial charge in [-0.15, -0.1) is 0 Å². The van der Waals surface area contributed by atoms with Crippen LogP contribution in [0.15, 0.2) is 53.4 Å². The van der Waals surface area contributed by atoms with E-state index in [1.54, 1.807) is 18.2 Å². The molecule has 0 aliphatic rings. The number of halogens is 2. The predicted octanol–water partition coefficient (Wildman–Crippen LogP) is 4.63. The van der Waals surface area contributed by atoms with Gasteiger partial charge >= 0.3 is 0 Å². The molecule has 0 amide bonds. The second-order valence-corrected chi connectivity index (χ2v) is 8.74. The number of primary sulfonamides is 1. The number of nitrogens with zero attached hydrogens (tertiary/aromatic N) is 1. The van der Waals surface area contributed by atoms with Gasteiger partial charge in [0.15, 0.2) is 11.6 Å². The van der Waals surface area contributed by atoms with Gasteiger partial charge in [0.1, 0.15) is 0 Å². The van der Waals surface area contributed by atoms with Gasteiger partial charge in [0.2, 0.25) is 10.0 Å². The third-order valence-corrected chi connectivity index (χ3v) is 5.75. The van der Waals surface area contributed by atoms with E-state index in [4.69, 9.17) is 5.14 Å². The number of benzene rings is 3. The molecular formula is C22H22F2N2O2S. The highest BCUT2D eigenvalue weighted by Crippen LogP contribution is 2.38. The van der Waals surface area contributed by atoms with Gasteiger partial charge in [-0.25, -0.2) is 22.3 Å². The topological polar surface area (TPSA) is 63.4 Å². The molecule has 0 bridgehead atoms. The second kappa shape index (κ2) is 7.57. The Balaban J connectivity index is 2.32. The third-order valence-electron chi connectivity index (χ3n) is 4.80. The van der Waals surface area contributed by atoms with Crippen molar-refractivity contribution in [3.63, 3.8) is 0 Å². The Kier molecular flexibility index (Phi) is 5.47. The largest absolute Gasteiger partial charge is 0.377 e. The van der Waals surface area contributed by atoms with E-state index in [-0.39, 0.29) is 5.56 Å². The lowest BCUT2D eigenvalue weighted by Crippen LogP contribution is -2.14. The molecule has 3 aromatic rings. The molecule has 0 saturated heterocycles. The average Bonchev–Trinajstić information content (AvgIpc) is 2.61. The third kappa shape index (κ3) is 4.02. The first-order chi connectivity index (χ1) is 13.5. The number of rotatable bonds is 4. The zero-order chi connectivity index (χ0) is 21.5. The summed E-state index contributed by atoms with van der Waals surface area (Å²) in [6.45, 7) is 3.98. The SMILES string of the molecule is Cc1cc(-c2ccccc2-c2cc(F)c(F)cc2S(N)(=O)=O)cc(C)c1N(C)C. The van der Waals surface area contributed by atoms with Gasteiger partial charge in [-0.2, -0.15) is 0 Å². The smallest absolute Gasteiger partial charge is 0.238 e. The Morgan fingerprint density at radius 1 is 0.828 bits per heavy atom. The van der Waals surface area contributed by atoms with Crippen LogP contribution in [-0.4, -0.2) is 22.5 Å². The van der Waals surface area contributed by atoms with Gasteiger partial charge in [-0.05, 0) is 65.9 Å². The summed E-state index contributed by atoms with van der Waals surface area (Å²) in [7, 11) is -0.346. The van der Waals surface area contributed by atoms with Crippen LogP contribution in [-0.2, 0) is 10.0 Å². The summed E-state index contributed by atoms with van der Waals surface area (Å²) >= 11 is 0. The molecule has 3 aromatic carbocycles. The maximum Gasteiger partial charge on any atom is 0.238 e. The van der Waals surface area contributed by atoms with Crippen molar-refractivity contribution in [3.05, 3.63) is 71.3 Å². The molecule has 0 aromatic heterocycles. The molecule has 29 heavy (non-hydrogen) atoms. The van der Waals surface area contributed by atoms with Crippen LogP contribution >= 0.6 is 0 Å². The molecule has 0 aliphatic heterocycles. The molecule has 0 heterocycles. The normalized spacial score (nSPS) is 11.6. The van der Waals surface area contributed by atoms with E-state index in [0.29, 0.717) is 17.2 Å². The summed E-state index contributed by atoms with van der Waals surface area (Å²) in [4.78, 5) is 1.57. The fraction of sp³-hybridized carbons (Fsp3) is 0.182. The van der Waals surface area contributed by atoms with E-state index < -0.39 is 26.6 Å². The van der Waals surface area contributed by atoms with Crippen molar-refractivity contribution in [1.29, 1.82) is 0 Å². The first-order valence-corrected chi connectivity index (χ1v) is 10.5. The maximum absolute atomic E-state index is 14.0. The number of nitrogens with two attached hydrogens (primary N) is 1. The van der Waals surface area contributed by atoms with E-state index in [9.17, 15) is 17.2 Å². The van der Waals surface area contributed by atoms with Crippen molar-refractivity contribution in [3.8, 4) is 22.3 Å². The molecule has 0 unspecified atom stereocenters. The highest BCUT2D eigenvalue weighted by atomic mass is 32.2. The number of anilines is 1. The molecule has 0 atom stereocenters. The van der Waals surface area contributed by atoms with Crippen LogP contribution in [0.25, 0.3) is 22.3 Å². The van der Waals surface area contributed by atoms with E-state index in [2.05, 4.69) is 0 Å². The first kappa shape index (κ1) is 21.0. The van der Waals surface area contributed by atoms with E-state index in [1.807, 2.05) is 51.0 Å². The lowest BCUT2D eigenvalue weighted by atomic mass is 9.92. The summed E-state index contributed by atoms with van der Waals surface area (Å²) in [5.74, 6) is -2.41. The first-order valence-electron chi connectivity index (χ1n) is 8.91. The van der Waals surface area contributed by atoms with Crippen molar-refractivity contribution in [2.75, 3.05) is 19.0 Å². The molecule has 4 nitrogen and oxygen atoms in total. The van der Waals surface area contributed by atoms with E-state index in [0.717, 1.165) is 28.4 Å². The molecule has 7 heteroatoms. The lowest BCUT2D eigenvalue weighted by molar-refractivity contribution is 0.505. The van der Waals surface area contributed by atoms with Crippen LogP contribution in [0.1, 0.15) is 11.1 Å². The Hall–Kier alpha value is -2.77. The molecule has 0 radical (unpaired) electrons. The quantitative estimate of drug-likeness (QED) is 0.675. The molecule has 0 saturated carbocycles. The van der Waals surface area contributed by atoms with Gasteiger partial charge in [-0.1, -0.05) is 24.3 Å². The molecule has 3 rings (SSSR count). The highest BCUT2D eigenvalue weighted by Gasteiger charge is 2.22. The van der Waals surface area contributed by atoms with Gasteiger partial charge in [0.05, 0.1) is 4.90 Å². The Morgan fingerprint density at radius 3 is 1.86 bits per heavy atom. The monoisotopic (exact) mass is 416 g/mol. The van der Waals surface area contributed by atoms with Crippen LogP contribution in [0.2, 0.25) is 0 Å². The molecule has 2 N–H and O–H groups in total. The fourth-order valence-corrected chi connectivity index (χ4v) is 4.50. The lowest BCUT2D eigenvalue weighted by Gasteiger charge is -2.21. The summed E-state index contributed by atoms with van der Waals surface area (Å²) < 4.78 is 51.9. The number of hydrogen-bond acceptors (Lipinski definition) is 3. The predicted molar refractivity (Wildman–Crippen MR) is 112 cm³/mol. The molecular weight excluding hydrogens is 394 g/mol. The van der Waals surface area contributed by atoms with Crippen LogP contribution < -0.4 is 10.0 Å². The van der Waals surface area contributed by atoms with Crippen LogP contribution in [0.3, 0.4) is 0 Å². The van der Waals surface area contributed by atoms with Crippen molar-refractivity contribution in [1.82, 2.24) is 0 Å². The van der Waals surface area contributed by atoms with Gasteiger partial charge in [-0.3, -0.25) is 0 Å². The fourth-order valence-electron chi connectivity index (χ4n) is 3.76. The number of sulfonamides is 1. The van der Waals surface area contributed by atoms with Crippen LogP contribution in [0.5, 0.6) is 0 Å². The minimum absolute atomic E-state index is 0.0222. The van der Waals surface area contributed by atoms with Gasteiger partial charge in [0, 0.05) is 25.3 Å². The standard InChI is InChI=1S/C22H22F2N2O2S/c1-13-9-15(10-14(2)22(13)26(3)4)16-7-5-6-8-17(16)18-11-19(23)20(24)12-21(18)29(25,27)28/h5-12H,1-4H3,(H2,25,27,28). The van der Waals surface area contributed by atoms with Crippen molar-refractivity contribution in [2.45, 2.75) is 18.7 Å². The van der Waals surface area contributed by atoms with E-state index in [1.165, 1.54) is 0 Å². The molecule has 0 fully saturated rings. The minimum Gasteiger partial charge on any atom is -0.377 e. The Labute approximate surface area is 169 Å². The zero-order valence-electron chi connectivity index (χ0n) is 16.6. The summed E-state index contributed by atoms with van der Waals surface area (Å²) in [5.41, 5.74) is 5.17. The molecule has 0 spiro atoms. The van der Waals surface area contributed by atoms with E-state index >= 15 is 0 Å². The molecule has 152 valence electrons. The van der Waals surface area contributed by atoms with Gasteiger partial charge in [0.25, 0.3) is 0 Å². The minimum atomic E-state index is -4.27. The molecule has 0 aliphatic carbocycles. The van der Waals surface area contributed by atoms with Crippen LogP contribution in [0, 0.1) is 25.5 Å². The zero-order valence-corrected chi connectivity index (χ0v) is 17.4. The second-order valence-electron chi connectivity index (χ2n) is 7.21. The van der Waals surface area contributed by atoms with Crippen molar-refractivity contribution >= 4 is 15.7 Å². The van der Waals surface area contributed by atoms with Gasteiger partial charge < -0.3 is 4.90 Å². The summed E-state index contributed by atoms with van der Waals surface area (Å²) in [6, 6.07) is 12.5.